The van der Waals surface area contributed by atoms with Crippen molar-refractivity contribution in [1.29, 1.82) is 0 Å². The predicted molar refractivity (Wildman–Crippen MR) is 103 cm³/mol. The van der Waals surface area contributed by atoms with Crippen molar-refractivity contribution in [3.63, 3.8) is 0 Å². The van der Waals surface area contributed by atoms with Crippen molar-refractivity contribution < 1.29 is 22.3 Å². The Hall–Kier alpha value is -2.42. The third kappa shape index (κ3) is 5.06. The summed E-state index contributed by atoms with van der Waals surface area (Å²) < 4.78 is 44.4. The highest BCUT2D eigenvalue weighted by Crippen LogP contribution is 2.27. The molecule has 1 N–H and O–H groups in total. The van der Waals surface area contributed by atoms with Crippen molar-refractivity contribution in [3.05, 3.63) is 58.9 Å². The minimum atomic E-state index is -3.72. The van der Waals surface area contributed by atoms with Crippen LogP contribution in [0, 0.1) is 5.82 Å². The van der Waals surface area contributed by atoms with Gasteiger partial charge in [-0.25, -0.2) is 17.1 Å². The first kappa shape index (κ1) is 20.9. The fourth-order valence-corrected chi connectivity index (χ4v) is 3.33. The summed E-state index contributed by atoms with van der Waals surface area (Å²) in [6, 6.07) is 8.41. The number of amides is 1. The molecule has 0 radical (unpaired) electrons. The van der Waals surface area contributed by atoms with Crippen LogP contribution in [0.1, 0.15) is 5.56 Å². The van der Waals surface area contributed by atoms with Crippen molar-refractivity contribution in [2.75, 3.05) is 26.5 Å². The van der Waals surface area contributed by atoms with Crippen LogP contribution in [0.5, 0.6) is 5.75 Å². The number of hydrogen-bond donors (Lipinski definition) is 1. The Morgan fingerprint density at radius 2 is 1.93 bits per heavy atom. The maximum atomic E-state index is 13.4. The zero-order valence-corrected chi connectivity index (χ0v) is 16.4. The average molecular weight is 413 g/mol. The van der Waals surface area contributed by atoms with Gasteiger partial charge in [-0.1, -0.05) is 17.7 Å². The summed E-state index contributed by atoms with van der Waals surface area (Å²) in [5.41, 5.74) is 0.728. The lowest BCUT2D eigenvalue weighted by Gasteiger charge is -2.15. The second-order valence-corrected chi connectivity index (χ2v) is 8.18. The Labute approximate surface area is 162 Å². The summed E-state index contributed by atoms with van der Waals surface area (Å²) in [6.07, 6.45) is 2.65. The van der Waals surface area contributed by atoms with Crippen LogP contribution in [0.4, 0.5) is 10.1 Å². The summed E-state index contributed by atoms with van der Waals surface area (Å²) in [5.74, 6) is -0.960. The number of carbonyl (C=O) groups is 1. The minimum absolute atomic E-state index is 0.0164. The number of rotatable bonds is 6. The maximum absolute atomic E-state index is 13.4. The van der Waals surface area contributed by atoms with E-state index in [-0.39, 0.29) is 21.4 Å². The Kier molecular flexibility index (Phi) is 6.59. The van der Waals surface area contributed by atoms with Gasteiger partial charge in [0.15, 0.2) is 0 Å². The summed E-state index contributed by atoms with van der Waals surface area (Å²) >= 11 is 5.59. The van der Waals surface area contributed by atoms with Crippen LogP contribution in [0.2, 0.25) is 5.02 Å². The van der Waals surface area contributed by atoms with Gasteiger partial charge >= 0.3 is 0 Å². The van der Waals surface area contributed by atoms with Gasteiger partial charge < -0.3 is 10.1 Å². The Balaban J connectivity index is 2.23. The van der Waals surface area contributed by atoms with Gasteiger partial charge in [0.25, 0.3) is 0 Å². The van der Waals surface area contributed by atoms with E-state index >= 15 is 0 Å². The van der Waals surface area contributed by atoms with Crippen LogP contribution in [0.15, 0.2) is 47.4 Å². The molecule has 144 valence electrons. The Bertz CT molecular complexity index is 991. The minimum Gasteiger partial charge on any atom is -0.495 e. The first-order valence-corrected chi connectivity index (χ1v) is 9.51. The number of nitrogens with zero attached hydrogens (tertiary/aromatic N) is 1. The lowest BCUT2D eigenvalue weighted by Crippen LogP contribution is -2.22. The van der Waals surface area contributed by atoms with Crippen LogP contribution < -0.4 is 10.1 Å². The van der Waals surface area contributed by atoms with Crippen molar-refractivity contribution in [3.8, 4) is 5.75 Å². The third-order valence-electron chi connectivity index (χ3n) is 3.56. The summed E-state index contributed by atoms with van der Waals surface area (Å²) in [6.45, 7) is 0. The highest BCUT2D eigenvalue weighted by Gasteiger charge is 2.22. The standard InChI is InChI=1S/C18H18ClFN2O4S/c1-22(2)27(24,25)17-10-12(4-8-16(17)26-3)5-9-18(23)21-13-6-7-14(19)15(20)11-13/h4-11H,1-3H3,(H,21,23). The molecule has 0 unspecified atom stereocenters. The monoisotopic (exact) mass is 412 g/mol. The van der Waals surface area contributed by atoms with Crippen LogP contribution in [-0.4, -0.2) is 39.8 Å². The van der Waals surface area contributed by atoms with Crippen LogP contribution in [0.3, 0.4) is 0 Å². The molecule has 27 heavy (non-hydrogen) atoms. The molecule has 0 spiro atoms. The number of anilines is 1. The molecule has 0 bridgehead atoms. The van der Waals surface area contributed by atoms with Crippen molar-refractivity contribution >= 4 is 39.3 Å². The topological polar surface area (TPSA) is 75.7 Å². The smallest absolute Gasteiger partial charge is 0.248 e. The predicted octanol–water partition coefficient (Wildman–Crippen LogP) is 3.39. The molecule has 9 heteroatoms. The first-order valence-electron chi connectivity index (χ1n) is 7.70. The van der Waals surface area contributed by atoms with E-state index in [4.69, 9.17) is 16.3 Å². The quantitative estimate of drug-likeness (QED) is 0.738. The number of ether oxygens (including phenoxy) is 1. The SMILES string of the molecule is COc1ccc(C=CC(=O)Nc2ccc(Cl)c(F)c2)cc1S(=O)(=O)N(C)C. The van der Waals surface area contributed by atoms with Crippen molar-refractivity contribution in [1.82, 2.24) is 4.31 Å². The van der Waals surface area contributed by atoms with E-state index < -0.39 is 21.7 Å². The summed E-state index contributed by atoms with van der Waals surface area (Å²) in [7, 11) is 0.480. The van der Waals surface area contributed by atoms with Gasteiger partial charge in [0.05, 0.1) is 12.1 Å². The highest BCUT2D eigenvalue weighted by atomic mass is 35.5. The molecule has 0 aromatic heterocycles. The molecule has 2 rings (SSSR count). The fourth-order valence-electron chi connectivity index (χ4n) is 2.12. The van der Waals surface area contributed by atoms with E-state index in [0.29, 0.717) is 5.56 Å². The van der Waals surface area contributed by atoms with Gasteiger partial charge in [-0.05, 0) is 42.0 Å². The summed E-state index contributed by atoms with van der Waals surface area (Å²) in [4.78, 5) is 12.0. The molecule has 2 aromatic rings. The second kappa shape index (κ2) is 8.51. The molecule has 6 nitrogen and oxygen atoms in total. The van der Waals surface area contributed by atoms with Gasteiger partial charge in [0.1, 0.15) is 16.5 Å². The number of hydrogen-bond acceptors (Lipinski definition) is 4. The molecule has 0 heterocycles. The van der Waals surface area contributed by atoms with E-state index in [0.717, 1.165) is 10.4 Å². The lowest BCUT2D eigenvalue weighted by atomic mass is 10.2. The van der Waals surface area contributed by atoms with Crippen LogP contribution >= 0.6 is 11.6 Å². The van der Waals surface area contributed by atoms with Gasteiger partial charge in [-0.15, -0.1) is 0 Å². The number of nitrogens with one attached hydrogen (secondary N) is 1. The van der Waals surface area contributed by atoms with E-state index in [9.17, 15) is 17.6 Å². The van der Waals surface area contributed by atoms with E-state index in [1.165, 1.54) is 57.6 Å². The normalized spacial score (nSPS) is 11.8. The third-order valence-corrected chi connectivity index (χ3v) is 5.70. The molecule has 0 fully saturated rings. The molecule has 1 amide bonds. The van der Waals surface area contributed by atoms with Crippen molar-refractivity contribution in [2.45, 2.75) is 4.90 Å². The molecule has 0 aliphatic heterocycles. The average Bonchev–Trinajstić information content (AvgIpc) is 2.62. The van der Waals surface area contributed by atoms with E-state index in [2.05, 4.69) is 5.32 Å². The largest absolute Gasteiger partial charge is 0.495 e. The van der Waals surface area contributed by atoms with Gasteiger partial charge in [-0.3, -0.25) is 4.79 Å². The molecule has 0 aliphatic carbocycles. The molecule has 0 saturated heterocycles. The first-order chi connectivity index (χ1) is 12.6. The van der Waals surface area contributed by atoms with Gasteiger partial charge in [0.2, 0.25) is 15.9 Å². The molecule has 0 saturated carbocycles. The number of methoxy groups -OCH3 is 1. The summed E-state index contributed by atoms with van der Waals surface area (Å²) in [5, 5.41) is 2.45. The zero-order chi connectivity index (χ0) is 20.2. The van der Waals surface area contributed by atoms with E-state index in [1.54, 1.807) is 6.07 Å². The zero-order valence-electron chi connectivity index (χ0n) is 14.9. The number of halogens is 2. The van der Waals surface area contributed by atoms with Crippen LogP contribution in [-0.2, 0) is 14.8 Å². The van der Waals surface area contributed by atoms with Gasteiger partial charge in [0, 0.05) is 25.9 Å². The molecule has 2 aromatic carbocycles. The van der Waals surface area contributed by atoms with Crippen LogP contribution in [0.25, 0.3) is 6.08 Å². The molecule has 0 atom stereocenters. The molecule has 0 aliphatic rings. The second-order valence-electron chi connectivity index (χ2n) is 5.65. The maximum Gasteiger partial charge on any atom is 0.248 e. The van der Waals surface area contributed by atoms with Crippen molar-refractivity contribution in [2.24, 2.45) is 0 Å². The Morgan fingerprint density at radius 1 is 1.22 bits per heavy atom. The number of benzene rings is 2. The molecular formula is C18H18ClFN2O4S. The fraction of sp³-hybridized carbons (Fsp3) is 0.167. The number of carbonyl (C=O) groups excluding carboxylic acids is 1. The Morgan fingerprint density at radius 3 is 2.52 bits per heavy atom. The van der Waals surface area contributed by atoms with E-state index in [1.807, 2.05) is 0 Å². The number of sulfonamides is 1. The lowest BCUT2D eigenvalue weighted by molar-refractivity contribution is -0.111. The molecular weight excluding hydrogens is 395 g/mol. The highest BCUT2D eigenvalue weighted by molar-refractivity contribution is 7.89. The van der Waals surface area contributed by atoms with Gasteiger partial charge in [-0.2, -0.15) is 0 Å².